The van der Waals surface area contributed by atoms with E-state index in [0.29, 0.717) is 18.8 Å². The lowest BCUT2D eigenvalue weighted by Crippen LogP contribution is -2.48. The molecule has 2 aliphatic rings. The minimum Gasteiger partial charge on any atom is -0.339 e. The summed E-state index contributed by atoms with van der Waals surface area (Å²) in [7, 11) is 0. The second-order valence-corrected chi connectivity index (χ2v) is 7.94. The first-order chi connectivity index (χ1) is 12.5. The van der Waals surface area contributed by atoms with E-state index in [1.54, 1.807) is 0 Å². The van der Waals surface area contributed by atoms with Crippen molar-refractivity contribution in [2.24, 2.45) is 5.41 Å². The van der Waals surface area contributed by atoms with Gasteiger partial charge < -0.3 is 9.47 Å². The van der Waals surface area contributed by atoms with Gasteiger partial charge >= 0.3 is 0 Å². The van der Waals surface area contributed by atoms with Crippen molar-refractivity contribution < 1.29 is 14.3 Å². The van der Waals surface area contributed by atoms with Crippen LogP contribution in [-0.2, 0) is 15.3 Å². The molecule has 0 N–H and O–H groups in total. The van der Waals surface area contributed by atoms with Gasteiger partial charge in [0.15, 0.2) is 0 Å². The van der Waals surface area contributed by atoms with Crippen LogP contribution in [0.15, 0.2) is 60.7 Å². The zero-order chi connectivity index (χ0) is 17.9. The van der Waals surface area contributed by atoms with Crippen molar-refractivity contribution in [3.05, 3.63) is 71.8 Å². The number of ketones is 1. The molecule has 0 amide bonds. The van der Waals surface area contributed by atoms with Crippen LogP contribution in [0.1, 0.15) is 29.8 Å². The number of hydrogen-bond acceptors (Lipinski definition) is 3. The van der Waals surface area contributed by atoms with Crippen LogP contribution in [0, 0.1) is 5.41 Å². The highest BCUT2D eigenvalue weighted by Gasteiger charge is 2.53. The van der Waals surface area contributed by atoms with Gasteiger partial charge in [0, 0.05) is 21.9 Å². The topological polar surface area (TPSA) is 35.5 Å². The molecule has 3 nitrogen and oxygen atoms in total. The lowest BCUT2D eigenvalue weighted by atomic mass is 9.93. The van der Waals surface area contributed by atoms with Crippen molar-refractivity contribution in [1.29, 1.82) is 0 Å². The van der Waals surface area contributed by atoms with Crippen molar-refractivity contribution in [2.75, 3.05) is 13.2 Å². The van der Waals surface area contributed by atoms with E-state index in [4.69, 9.17) is 9.47 Å². The SMILES string of the molecule is CC1(C)COC2(OC1)C(=O)c1ccc(-c3ccccc3)c3cccc2c13. The Morgan fingerprint density at radius 1 is 0.808 bits per heavy atom. The number of benzene rings is 3. The van der Waals surface area contributed by atoms with Crippen LogP contribution < -0.4 is 0 Å². The Labute approximate surface area is 152 Å². The Morgan fingerprint density at radius 2 is 1.50 bits per heavy atom. The van der Waals surface area contributed by atoms with Gasteiger partial charge in [-0.3, -0.25) is 4.79 Å². The highest BCUT2D eigenvalue weighted by atomic mass is 16.7. The molecular formula is C23H20O3. The van der Waals surface area contributed by atoms with E-state index < -0.39 is 5.79 Å². The molecule has 5 rings (SSSR count). The smallest absolute Gasteiger partial charge is 0.261 e. The second-order valence-electron chi connectivity index (χ2n) is 7.94. The van der Waals surface area contributed by atoms with E-state index in [2.05, 4.69) is 32.0 Å². The summed E-state index contributed by atoms with van der Waals surface area (Å²) in [5, 5.41) is 2.02. The molecule has 1 fully saturated rings. The fraction of sp³-hybridized carbons (Fsp3) is 0.261. The van der Waals surface area contributed by atoms with E-state index >= 15 is 0 Å². The number of Topliss-reactive ketones (excluding diaryl/α,β-unsaturated/α-hetero) is 1. The Morgan fingerprint density at radius 3 is 2.23 bits per heavy atom. The maximum absolute atomic E-state index is 13.3. The molecule has 0 radical (unpaired) electrons. The van der Waals surface area contributed by atoms with Crippen LogP contribution in [0.5, 0.6) is 0 Å². The molecule has 0 aromatic heterocycles. The second kappa shape index (κ2) is 5.26. The third kappa shape index (κ3) is 2.05. The number of fused-ring (bicyclic) bond motifs is 1. The first kappa shape index (κ1) is 15.7. The van der Waals surface area contributed by atoms with Crippen molar-refractivity contribution in [3.63, 3.8) is 0 Å². The zero-order valence-corrected chi connectivity index (χ0v) is 14.9. The fourth-order valence-electron chi connectivity index (χ4n) is 4.00. The molecule has 3 aromatic rings. The Bertz CT molecular complexity index is 1020. The summed E-state index contributed by atoms with van der Waals surface area (Å²) in [4.78, 5) is 13.3. The van der Waals surface area contributed by atoms with Crippen molar-refractivity contribution in [3.8, 4) is 11.1 Å². The molecule has 1 spiro atoms. The van der Waals surface area contributed by atoms with Crippen molar-refractivity contribution >= 4 is 16.6 Å². The number of ether oxygens (including phenoxy) is 2. The van der Waals surface area contributed by atoms with Gasteiger partial charge in [-0.1, -0.05) is 68.4 Å². The molecule has 130 valence electrons. The first-order valence-corrected chi connectivity index (χ1v) is 8.96. The normalized spacial score (nSPS) is 20.0. The molecule has 26 heavy (non-hydrogen) atoms. The summed E-state index contributed by atoms with van der Waals surface area (Å²) in [6.07, 6.45) is 0. The fourth-order valence-corrected chi connectivity index (χ4v) is 4.00. The number of rotatable bonds is 1. The Kier molecular flexibility index (Phi) is 3.18. The Hall–Kier alpha value is -2.49. The van der Waals surface area contributed by atoms with Gasteiger partial charge in [0.1, 0.15) is 0 Å². The maximum Gasteiger partial charge on any atom is 0.261 e. The quantitative estimate of drug-likeness (QED) is 0.628. The van der Waals surface area contributed by atoms with Crippen LogP contribution in [-0.4, -0.2) is 19.0 Å². The summed E-state index contributed by atoms with van der Waals surface area (Å²) >= 11 is 0. The van der Waals surface area contributed by atoms with Crippen LogP contribution >= 0.6 is 0 Å². The van der Waals surface area contributed by atoms with Gasteiger partial charge in [-0.2, -0.15) is 0 Å². The van der Waals surface area contributed by atoms with Gasteiger partial charge in [0.2, 0.25) is 5.78 Å². The molecule has 1 heterocycles. The lowest BCUT2D eigenvalue weighted by Gasteiger charge is -2.40. The van der Waals surface area contributed by atoms with Crippen LogP contribution in [0.2, 0.25) is 0 Å². The summed E-state index contributed by atoms with van der Waals surface area (Å²) in [5.74, 6) is -1.37. The molecule has 0 atom stereocenters. The minimum absolute atomic E-state index is 0.0844. The van der Waals surface area contributed by atoms with E-state index in [9.17, 15) is 4.79 Å². The predicted molar refractivity (Wildman–Crippen MR) is 101 cm³/mol. The highest BCUT2D eigenvalue weighted by Crippen LogP contribution is 2.49. The summed E-state index contributed by atoms with van der Waals surface area (Å²) in [5.41, 5.74) is 3.69. The van der Waals surface area contributed by atoms with Gasteiger partial charge in [0.05, 0.1) is 13.2 Å². The van der Waals surface area contributed by atoms with E-state index in [-0.39, 0.29) is 11.2 Å². The molecule has 3 heteroatoms. The van der Waals surface area contributed by atoms with Gasteiger partial charge in [0.25, 0.3) is 5.79 Å². The third-order valence-corrected chi connectivity index (χ3v) is 5.36. The molecule has 0 bridgehead atoms. The summed E-state index contributed by atoms with van der Waals surface area (Å²) in [6.45, 7) is 5.16. The van der Waals surface area contributed by atoms with Crippen molar-refractivity contribution in [2.45, 2.75) is 19.6 Å². The average Bonchev–Trinajstić information content (AvgIpc) is 2.90. The molecule has 0 unspecified atom stereocenters. The number of carbonyl (C=O) groups excluding carboxylic acids is 1. The van der Waals surface area contributed by atoms with E-state index in [1.165, 1.54) is 0 Å². The van der Waals surface area contributed by atoms with Crippen LogP contribution in [0.4, 0.5) is 0 Å². The Balaban J connectivity index is 1.74. The summed E-state index contributed by atoms with van der Waals surface area (Å²) < 4.78 is 12.2. The van der Waals surface area contributed by atoms with Gasteiger partial charge in [-0.05, 0) is 22.6 Å². The standard InChI is InChI=1S/C23H20O3/c1-22(2)13-25-23(26-14-22)19-10-6-9-17-16(15-7-4-3-5-8-15)11-12-18(20(17)19)21(23)24/h3-12H,13-14H2,1-2H3. The third-order valence-electron chi connectivity index (χ3n) is 5.36. The number of hydrogen-bond donors (Lipinski definition) is 0. The molecule has 1 aliphatic heterocycles. The predicted octanol–water partition coefficient (Wildman–Crippen LogP) is 4.93. The molecule has 0 saturated carbocycles. The first-order valence-electron chi connectivity index (χ1n) is 8.96. The summed E-state index contributed by atoms with van der Waals surface area (Å²) in [6, 6.07) is 20.2. The van der Waals surface area contributed by atoms with Crippen molar-refractivity contribution in [1.82, 2.24) is 0 Å². The van der Waals surface area contributed by atoms with Gasteiger partial charge in [-0.15, -0.1) is 0 Å². The van der Waals surface area contributed by atoms with E-state index in [1.807, 2.05) is 42.5 Å². The largest absolute Gasteiger partial charge is 0.339 e. The average molecular weight is 344 g/mol. The maximum atomic E-state index is 13.3. The monoisotopic (exact) mass is 344 g/mol. The molecule has 1 saturated heterocycles. The molecule has 1 aliphatic carbocycles. The van der Waals surface area contributed by atoms with Crippen LogP contribution in [0.3, 0.4) is 0 Å². The van der Waals surface area contributed by atoms with Crippen LogP contribution in [0.25, 0.3) is 21.9 Å². The minimum atomic E-state index is -1.29. The lowest BCUT2D eigenvalue weighted by molar-refractivity contribution is -0.273. The van der Waals surface area contributed by atoms with E-state index in [0.717, 1.165) is 27.5 Å². The molecule has 3 aromatic carbocycles. The number of carbonyl (C=O) groups is 1. The van der Waals surface area contributed by atoms with Gasteiger partial charge in [-0.25, -0.2) is 0 Å². The molecular weight excluding hydrogens is 324 g/mol. The highest BCUT2D eigenvalue weighted by molar-refractivity contribution is 6.21. The zero-order valence-electron chi connectivity index (χ0n) is 14.9.